The monoisotopic (exact) mass is 284 g/mol. The van der Waals surface area contributed by atoms with Crippen LogP contribution in [0, 0.1) is 0 Å². The molecule has 1 aromatic rings. The predicted octanol–water partition coefficient (Wildman–Crippen LogP) is 1.53. The Morgan fingerprint density at radius 3 is 2.47 bits per heavy atom. The molecule has 5 heteroatoms. The van der Waals surface area contributed by atoms with E-state index in [0.29, 0.717) is 0 Å². The summed E-state index contributed by atoms with van der Waals surface area (Å²) in [5.41, 5.74) is 6.11. The lowest BCUT2D eigenvalue weighted by molar-refractivity contribution is -0.126. The lowest BCUT2D eigenvalue weighted by atomic mass is 9.98. The van der Waals surface area contributed by atoms with Crippen molar-refractivity contribution in [3.8, 4) is 0 Å². The van der Waals surface area contributed by atoms with E-state index >= 15 is 0 Å². The van der Waals surface area contributed by atoms with E-state index in [9.17, 15) is 9.90 Å². The molecule has 0 saturated heterocycles. The summed E-state index contributed by atoms with van der Waals surface area (Å²) in [5, 5.41) is 12.7. The maximum atomic E-state index is 12.0. The number of rotatable bonds is 4. The van der Waals surface area contributed by atoms with Gasteiger partial charge in [0.05, 0.1) is 11.6 Å². The topological polar surface area (TPSA) is 75.4 Å². The van der Waals surface area contributed by atoms with Crippen LogP contribution in [-0.4, -0.2) is 23.1 Å². The van der Waals surface area contributed by atoms with Crippen LogP contribution in [0.25, 0.3) is 0 Å². The molecule has 1 fully saturated rings. The van der Waals surface area contributed by atoms with E-state index in [1.165, 1.54) is 0 Å². The van der Waals surface area contributed by atoms with Crippen LogP contribution in [0.4, 0.5) is 0 Å². The third-order valence-corrected chi connectivity index (χ3v) is 3.59. The number of hydrogen-bond donors (Lipinski definition) is 3. The van der Waals surface area contributed by atoms with Crippen LogP contribution >= 0.6 is 12.4 Å². The molecule has 1 unspecified atom stereocenters. The molecule has 1 aliphatic rings. The summed E-state index contributed by atoms with van der Waals surface area (Å²) < 4.78 is 0. The second-order valence-corrected chi connectivity index (χ2v) is 5.00. The van der Waals surface area contributed by atoms with Crippen LogP contribution in [0.2, 0.25) is 0 Å². The van der Waals surface area contributed by atoms with Crippen molar-refractivity contribution < 1.29 is 9.90 Å². The van der Waals surface area contributed by atoms with Gasteiger partial charge in [0.1, 0.15) is 0 Å². The quantitative estimate of drug-likeness (QED) is 0.785. The summed E-state index contributed by atoms with van der Waals surface area (Å²) in [6.45, 7) is 0.210. The molecule has 0 bridgehead atoms. The molecule has 0 heterocycles. The SMILES string of the molecule is Cl.NC1(C(=O)NCC(O)c2ccccc2)CCCC1. The number of nitrogens with two attached hydrogens (primary N) is 1. The smallest absolute Gasteiger partial charge is 0.240 e. The van der Waals surface area contributed by atoms with Gasteiger partial charge in [-0.1, -0.05) is 43.2 Å². The van der Waals surface area contributed by atoms with Gasteiger partial charge in [-0.15, -0.1) is 12.4 Å². The number of aliphatic hydroxyl groups excluding tert-OH is 1. The Bertz CT molecular complexity index is 405. The maximum Gasteiger partial charge on any atom is 0.240 e. The summed E-state index contributed by atoms with van der Waals surface area (Å²) in [5.74, 6) is -0.144. The molecule has 19 heavy (non-hydrogen) atoms. The predicted molar refractivity (Wildman–Crippen MR) is 77.0 cm³/mol. The number of carbonyl (C=O) groups is 1. The van der Waals surface area contributed by atoms with Crippen molar-refractivity contribution in [2.24, 2.45) is 5.73 Å². The van der Waals surface area contributed by atoms with Crippen LogP contribution in [0.15, 0.2) is 30.3 Å². The Morgan fingerprint density at radius 2 is 1.89 bits per heavy atom. The fraction of sp³-hybridized carbons (Fsp3) is 0.500. The van der Waals surface area contributed by atoms with E-state index < -0.39 is 11.6 Å². The number of hydrogen-bond acceptors (Lipinski definition) is 3. The van der Waals surface area contributed by atoms with Gasteiger partial charge in [-0.25, -0.2) is 0 Å². The fourth-order valence-corrected chi connectivity index (χ4v) is 2.39. The van der Waals surface area contributed by atoms with Crippen LogP contribution in [-0.2, 0) is 4.79 Å². The fourth-order valence-electron chi connectivity index (χ4n) is 2.39. The van der Waals surface area contributed by atoms with Gasteiger partial charge in [0.25, 0.3) is 0 Å². The molecule has 106 valence electrons. The van der Waals surface area contributed by atoms with Gasteiger partial charge < -0.3 is 16.2 Å². The molecule has 0 radical (unpaired) electrons. The minimum absolute atomic E-state index is 0. The second-order valence-electron chi connectivity index (χ2n) is 5.00. The van der Waals surface area contributed by atoms with E-state index in [1.54, 1.807) is 0 Å². The van der Waals surface area contributed by atoms with E-state index in [1.807, 2.05) is 30.3 Å². The number of carbonyl (C=O) groups excluding carboxylic acids is 1. The average Bonchev–Trinajstić information content (AvgIpc) is 2.85. The zero-order valence-electron chi connectivity index (χ0n) is 10.8. The number of aliphatic hydroxyl groups is 1. The van der Waals surface area contributed by atoms with Gasteiger partial charge in [0.15, 0.2) is 0 Å². The van der Waals surface area contributed by atoms with E-state index in [2.05, 4.69) is 5.32 Å². The summed E-state index contributed by atoms with van der Waals surface area (Å²) in [7, 11) is 0. The molecular weight excluding hydrogens is 264 g/mol. The van der Waals surface area contributed by atoms with Gasteiger partial charge in [-0.3, -0.25) is 4.79 Å². The highest BCUT2D eigenvalue weighted by Crippen LogP contribution is 2.27. The lowest BCUT2D eigenvalue weighted by Gasteiger charge is -2.23. The molecular formula is C14H21ClN2O2. The highest BCUT2D eigenvalue weighted by atomic mass is 35.5. The summed E-state index contributed by atoms with van der Waals surface area (Å²) >= 11 is 0. The van der Waals surface area contributed by atoms with Crippen molar-refractivity contribution in [1.29, 1.82) is 0 Å². The number of nitrogens with one attached hydrogen (secondary N) is 1. The highest BCUT2D eigenvalue weighted by molar-refractivity contribution is 5.86. The number of halogens is 1. The van der Waals surface area contributed by atoms with Crippen molar-refractivity contribution in [3.05, 3.63) is 35.9 Å². The summed E-state index contributed by atoms with van der Waals surface area (Å²) in [6, 6.07) is 9.29. The first kappa shape index (κ1) is 16.0. The molecule has 0 spiro atoms. The maximum absolute atomic E-state index is 12.0. The van der Waals surface area contributed by atoms with E-state index in [4.69, 9.17) is 5.73 Å². The Labute approximate surface area is 119 Å². The van der Waals surface area contributed by atoms with Crippen LogP contribution in [0.3, 0.4) is 0 Å². The Morgan fingerprint density at radius 1 is 1.32 bits per heavy atom. The van der Waals surface area contributed by atoms with Crippen LogP contribution < -0.4 is 11.1 Å². The molecule has 1 atom stereocenters. The van der Waals surface area contributed by atoms with Gasteiger partial charge in [-0.2, -0.15) is 0 Å². The lowest BCUT2D eigenvalue weighted by Crippen LogP contribution is -2.52. The molecule has 1 aromatic carbocycles. The Hall–Kier alpha value is -1.10. The molecule has 0 aliphatic heterocycles. The standard InChI is InChI=1S/C14H20N2O2.ClH/c15-14(8-4-5-9-14)13(18)16-10-12(17)11-6-2-1-3-7-11;/h1-3,6-7,12,17H,4-5,8-10,15H2,(H,16,18);1H. The van der Waals surface area contributed by atoms with E-state index in [0.717, 1.165) is 31.2 Å². The van der Waals surface area contributed by atoms with Crippen molar-refractivity contribution in [2.75, 3.05) is 6.54 Å². The first-order valence-electron chi connectivity index (χ1n) is 6.42. The van der Waals surface area contributed by atoms with Crippen molar-refractivity contribution in [3.63, 3.8) is 0 Å². The zero-order valence-corrected chi connectivity index (χ0v) is 11.7. The van der Waals surface area contributed by atoms with Gasteiger partial charge in [-0.05, 0) is 18.4 Å². The minimum atomic E-state index is -0.726. The first-order valence-corrected chi connectivity index (χ1v) is 6.42. The average molecular weight is 285 g/mol. The molecule has 1 amide bonds. The molecule has 4 N–H and O–H groups in total. The zero-order chi connectivity index (χ0) is 13.0. The second kappa shape index (κ2) is 6.89. The van der Waals surface area contributed by atoms with Gasteiger partial charge >= 0.3 is 0 Å². The minimum Gasteiger partial charge on any atom is -0.387 e. The molecule has 1 saturated carbocycles. The van der Waals surface area contributed by atoms with Gasteiger partial charge in [0, 0.05) is 6.54 Å². The van der Waals surface area contributed by atoms with Crippen LogP contribution in [0.1, 0.15) is 37.4 Å². The van der Waals surface area contributed by atoms with Crippen molar-refractivity contribution >= 4 is 18.3 Å². The summed E-state index contributed by atoms with van der Waals surface area (Å²) in [4.78, 5) is 12.0. The third-order valence-electron chi connectivity index (χ3n) is 3.59. The van der Waals surface area contributed by atoms with Crippen molar-refractivity contribution in [2.45, 2.75) is 37.3 Å². The van der Waals surface area contributed by atoms with Crippen molar-refractivity contribution in [1.82, 2.24) is 5.32 Å². The summed E-state index contributed by atoms with van der Waals surface area (Å²) in [6.07, 6.45) is 2.80. The van der Waals surface area contributed by atoms with E-state index in [-0.39, 0.29) is 24.9 Å². The molecule has 4 nitrogen and oxygen atoms in total. The number of benzene rings is 1. The van der Waals surface area contributed by atoms with Gasteiger partial charge in [0.2, 0.25) is 5.91 Å². The Kier molecular flexibility index (Phi) is 5.79. The first-order chi connectivity index (χ1) is 8.62. The molecule has 1 aliphatic carbocycles. The number of amides is 1. The molecule has 0 aromatic heterocycles. The largest absolute Gasteiger partial charge is 0.387 e. The molecule has 2 rings (SSSR count). The third kappa shape index (κ3) is 3.93. The Balaban J connectivity index is 0.00000180. The highest BCUT2D eigenvalue weighted by Gasteiger charge is 2.36. The van der Waals surface area contributed by atoms with Crippen LogP contribution in [0.5, 0.6) is 0 Å². The normalized spacial score (nSPS) is 18.4.